The maximum Gasteiger partial charge on any atom is 2.00 e. The molecule has 0 aliphatic heterocycles. The Morgan fingerprint density at radius 2 is 1.38 bits per heavy atom. The summed E-state index contributed by atoms with van der Waals surface area (Å²) in [6, 6.07) is 0. The predicted molar refractivity (Wildman–Crippen MR) is 34.9 cm³/mol. The Balaban J connectivity index is -0.0000000222. The fourth-order valence-corrected chi connectivity index (χ4v) is 0.900. The number of hydrogen-bond donors (Lipinski definition) is 5. The monoisotopic (exact) mass is 494 g/mol. The molecule has 1 unspecified atom stereocenters. The fourth-order valence-electron chi connectivity index (χ4n) is 0.100. The summed E-state index contributed by atoms with van der Waals surface area (Å²) in [4.78, 5) is 32.9. The Bertz CT molecular complexity index is 260. The van der Waals surface area contributed by atoms with Crippen LogP contribution in [0.1, 0.15) is 2.85 Å². The van der Waals surface area contributed by atoms with E-state index in [1.54, 1.807) is 0 Å². The van der Waals surface area contributed by atoms with Gasteiger partial charge in [0.2, 0.25) is 0 Å². The molecule has 0 heterocycles. The Morgan fingerprint density at radius 3 is 1.38 bits per heavy atom. The van der Waals surface area contributed by atoms with Crippen molar-refractivity contribution in [2.45, 2.75) is 0 Å². The van der Waals surface area contributed by atoms with Gasteiger partial charge in [0.05, 0.1) is 0 Å². The smallest absolute Gasteiger partial charge is 0 e. The van der Waals surface area contributed by atoms with Crippen LogP contribution in [0.25, 0.3) is 0 Å². The van der Waals surface area contributed by atoms with Crippen molar-refractivity contribution < 1.29 is 99.4 Å². The second-order valence-corrected chi connectivity index (χ2v) is 5.06. The van der Waals surface area contributed by atoms with E-state index < -0.39 is 30.9 Å². The average Bonchev–Trinajstić information content (AvgIpc) is 1.47. The summed E-state index contributed by atoms with van der Waals surface area (Å²) in [5, 5.41) is 0. The van der Waals surface area contributed by atoms with Crippen LogP contribution in [0, 0.1) is 0 Å². The maximum absolute atomic E-state index is 9.38. The van der Waals surface area contributed by atoms with Gasteiger partial charge in [-0.1, -0.05) is 0 Å². The van der Waals surface area contributed by atoms with E-state index in [1.807, 2.05) is 0 Å². The zero-order valence-electron chi connectivity index (χ0n) is 9.75. The van der Waals surface area contributed by atoms with Crippen LogP contribution >= 0.6 is 8.25 Å². The molecule has 0 aliphatic rings. The van der Waals surface area contributed by atoms with E-state index in [4.69, 9.17) is 30.3 Å². The molecule has 0 saturated carbocycles. The molecule has 0 aromatic carbocycles. The molecule has 16 heteroatoms. The van der Waals surface area contributed by atoms with Crippen molar-refractivity contribution >= 4 is 62.8 Å². The van der Waals surface area contributed by atoms with Crippen LogP contribution in [0.4, 0.5) is 0 Å². The molecule has 0 aromatic heterocycles. The Labute approximate surface area is 160 Å². The van der Waals surface area contributed by atoms with Crippen molar-refractivity contribution in [3.8, 4) is 0 Å². The van der Waals surface area contributed by atoms with Crippen molar-refractivity contribution in [2.24, 2.45) is 0 Å². The Hall–Kier alpha value is 2.90. The SMILES string of the molecule is O=[P+]([O-])O[Si](O)(O)O.[H-].[H-].[O]=[Cr](=[O])([OH])[OH].[Sr+2].[Zn].[Zn]. The molecule has 0 rings (SSSR count). The van der Waals surface area contributed by atoms with E-state index in [0.29, 0.717) is 0 Å². The first-order chi connectivity index (χ1) is 5.42. The zero-order valence-corrected chi connectivity index (χ0v) is 20.3. The summed E-state index contributed by atoms with van der Waals surface area (Å²) >= 11 is -5.25. The third-order valence-corrected chi connectivity index (χ3v) is 1.77. The van der Waals surface area contributed by atoms with Gasteiger partial charge in [-0.25, -0.2) is 0 Å². The van der Waals surface area contributed by atoms with Crippen molar-refractivity contribution in [3.63, 3.8) is 0 Å². The number of hydrogen-bond acceptors (Lipinski definition) is 8. The Kier molecular flexibility index (Phi) is 28.0. The van der Waals surface area contributed by atoms with E-state index in [-0.39, 0.29) is 87.3 Å². The van der Waals surface area contributed by atoms with Gasteiger partial charge in [-0.05, 0) is 4.57 Å². The van der Waals surface area contributed by atoms with Crippen LogP contribution in [0.15, 0.2) is 0 Å². The molecule has 0 aromatic rings. The molecule has 10 nitrogen and oxygen atoms in total. The molecule has 1 atom stereocenters. The van der Waals surface area contributed by atoms with Gasteiger partial charge in [0.25, 0.3) is 0 Å². The maximum atomic E-state index is 9.38. The molecule has 0 bridgehead atoms. The Morgan fingerprint density at radius 1 is 1.19 bits per heavy atom. The summed E-state index contributed by atoms with van der Waals surface area (Å²) in [7, 11) is -8.19. The molecule has 0 fully saturated rings. The van der Waals surface area contributed by atoms with Crippen molar-refractivity contribution in [1.29, 1.82) is 0 Å². The van der Waals surface area contributed by atoms with E-state index in [9.17, 15) is 9.46 Å². The van der Waals surface area contributed by atoms with Crippen LogP contribution < -0.4 is 4.89 Å². The van der Waals surface area contributed by atoms with Gasteiger partial charge >= 0.3 is 92.3 Å². The van der Waals surface area contributed by atoms with Gasteiger partial charge in [-0.3, -0.25) is 0 Å². The van der Waals surface area contributed by atoms with Gasteiger partial charge < -0.3 is 22.1 Å². The molecule has 0 amide bonds. The predicted octanol–water partition coefficient (Wildman–Crippen LogP) is -4.08. The standard InChI is InChI=1S/Cr.H3O6PSi.2H2O.2O.Sr.2Zn.2H/c;1-7(2)6-8(3,4)5;;;;;;;;;/h;3-5H;2*1H2;;;;;;;/q+2;;;;;;+2;;;2*-1/p-2. The summed E-state index contributed by atoms with van der Waals surface area (Å²) < 4.78 is 44.5. The number of rotatable bonds is 2. The first-order valence-electron chi connectivity index (χ1n) is 2.12. The first-order valence-corrected chi connectivity index (χ1v) is 7.15. The second kappa shape index (κ2) is 14.3. The minimum absolute atomic E-state index is 0. The topological polar surface area (TPSA) is 185 Å². The molecule has 5 N–H and O–H groups in total. The normalized spacial score (nSPS) is 10.5. The third kappa shape index (κ3) is 68.5. The third-order valence-electron chi connectivity index (χ3n) is 0.197. The molecule has 16 heavy (non-hydrogen) atoms. The molecule has 0 aliphatic carbocycles. The van der Waals surface area contributed by atoms with Crippen LogP contribution in [0.3, 0.4) is 0 Å². The van der Waals surface area contributed by atoms with Gasteiger partial charge in [0.15, 0.2) is 0 Å². The quantitative estimate of drug-likeness (QED) is 0.186. The molecular weight excluding hydrogens is 489 g/mol. The fraction of sp³-hybridized carbons (Fsp3) is 0. The minimum Gasteiger partial charge on any atom is 0 e. The molecular formula is H7CrO10PSiSrZn2. The largest absolute Gasteiger partial charge is 2.00 e. The average molecular weight is 497 g/mol. The van der Waals surface area contributed by atoms with Crippen molar-refractivity contribution in [1.82, 2.24) is 0 Å². The molecule has 0 spiro atoms. The molecule has 88 valence electrons. The summed E-state index contributed by atoms with van der Waals surface area (Å²) in [6.45, 7) is 0. The van der Waals surface area contributed by atoms with Crippen molar-refractivity contribution in [3.05, 3.63) is 0 Å². The first kappa shape index (κ1) is 31.3. The van der Waals surface area contributed by atoms with Gasteiger partial charge in [-0.15, -0.1) is 4.21 Å². The van der Waals surface area contributed by atoms with Crippen LogP contribution in [-0.2, 0) is 69.0 Å². The van der Waals surface area contributed by atoms with Gasteiger partial charge in [0, 0.05) is 39.0 Å². The van der Waals surface area contributed by atoms with E-state index in [0.717, 1.165) is 0 Å². The van der Waals surface area contributed by atoms with Crippen molar-refractivity contribution in [2.75, 3.05) is 0 Å². The summed E-state index contributed by atoms with van der Waals surface area (Å²) in [5.41, 5.74) is 0. The zero-order chi connectivity index (χ0) is 11.3. The van der Waals surface area contributed by atoms with Crippen LogP contribution in [-0.4, -0.2) is 77.2 Å². The van der Waals surface area contributed by atoms with Gasteiger partial charge in [0.1, 0.15) is 0 Å². The molecule has 0 saturated heterocycles. The van der Waals surface area contributed by atoms with E-state index >= 15 is 0 Å². The minimum atomic E-state index is -5.25. The second-order valence-electron chi connectivity index (χ2n) is 1.34. The van der Waals surface area contributed by atoms with Crippen LogP contribution in [0.5, 0.6) is 0 Å². The van der Waals surface area contributed by atoms with Crippen LogP contribution in [0.2, 0.25) is 0 Å². The summed E-state index contributed by atoms with van der Waals surface area (Å²) in [5.74, 6) is 0. The molecule has 0 radical (unpaired) electrons. The summed E-state index contributed by atoms with van der Waals surface area (Å²) in [6.07, 6.45) is 0. The van der Waals surface area contributed by atoms with E-state index in [2.05, 4.69) is 4.21 Å². The van der Waals surface area contributed by atoms with Gasteiger partial charge in [-0.2, -0.15) is 0 Å². The van der Waals surface area contributed by atoms with E-state index in [1.165, 1.54) is 0 Å².